The molecular formula is C18H17F4NO2. The number of aliphatic hydroxyl groups is 1. The van der Waals surface area contributed by atoms with E-state index in [1.165, 1.54) is 12.1 Å². The van der Waals surface area contributed by atoms with Gasteiger partial charge in [0, 0.05) is 12.2 Å². The van der Waals surface area contributed by atoms with Crippen molar-refractivity contribution in [2.45, 2.75) is 18.6 Å². The molecule has 1 heterocycles. The molecule has 1 saturated heterocycles. The highest BCUT2D eigenvalue weighted by Gasteiger charge is 2.47. The van der Waals surface area contributed by atoms with Gasteiger partial charge < -0.3 is 14.7 Å². The van der Waals surface area contributed by atoms with Crippen LogP contribution in [0.15, 0.2) is 48.5 Å². The van der Waals surface area contributed by atoms with Crippen LogP contribution >= 0.6 is 0 Å². The lowest BCUT2D eigenvalue weighted by atomic mass is 10.1. The predicted octanol–water partition coefficient (Wildman–Crippen LogP) is 4.37. The number of alkyl halides is 3. The monoisotopic (exact) mass is 355 g/mol. The number of halogens is 4. The summed E-state index contributed by atoms with van der Waals surface area (Å²) in [5, 5.41) is 9.39. The molecule has 3 rings (SSSR count). The molecule has 1 fully saturated rings. The Bertz CT molecular complexity index is 718. The van der Waals surface area contributed by atoms with E-state index < -0.39 is 24.0 Å². The van der Waals surface area contributed by atoms with E-state index in [1.807, 2.05) is 0 Å². The molecule has 2 aromatic rings. The molecule has 0 bridgehead atoms. The van der Waals surface area contributed by atoms with Crippen LogP contribution in [-0.4, -0.2) is 30.5 Å². The van der Waals surface area contributed by atoms with Crippen LogP contribution in [0.4, 0.5) is 23.2 Å². The number of benzene rings is 2. The Morgan fingerprint density at radius 1 is 1.08 bits per heavy atom. The predicted molar refractivity (Wildman–Crippen MR) is 85.3 cm³/mol. The molecule has 1 aliphatic rings. The third-order valence-electron chi connectivity index (χ3n) is 4.32. The molecule has 0 amide bonds. The third-order valence-corrected chi connectivity index (χ3v) is 4.32. The van der Waals surface area contributed by atoms with Gasteiger partial charge in [0.15, 0.2) is 11.6 Å². The van der Waals surface area contributed by atoms with Crippen LogP contribution in [0.5, 0.6) is 11.5 Å². The SMILES string of the molecule is OC[C@@H]1C[C@H](C(F)(F)F)CN1c1ccc(Oc2ccccc2F)cc1. The van der Waals surface area contributed by atoms with Crippen molar-refractivity contribution >= 4 is 5.69 Å². The molecule has 2 atom stereocenters. The molecule has 7 heteroatoms. The molecule has 0 radical (unpaired) electrons. The van der Waals surface area contributed by atoms with Gasteiger partial charge in [0.2, 0.25) is 0 Å². The first-order chi connectivity index (χ1) is 11.9. The summed E-state index contributed by atoms with van der Waals surface area (Å²) in [6.45, 7) is -0.539. The lowest BCUT2D eigenvalue weighted by Gasteiger charge is -2.25. The molecule has 0 unspecified atom stereocenters. The van der Waals surface area contributed by atoms with Gasteiger partial charge in [0.05, 0.1) is 18.6 Å². The van der Waals surface area contributed by atoms with Gasteiger partial charge in [0.25, 0.3) is 0 Å². The van der Waals surface area contributed by atoms with Gasteiger partial charge in [0.1, 0.15) is 5.75 Å². The lowest BCUT2D eigenvalue weighted by molar-refractivity contribution is -0.168. The zero-order valence-electron chi connectivity index (χ0n) is 13.2. The average molecular weight is 355 g/mol. The minimum Gasteiger partial charge on any atom is -0.454 e. The van der Waals surface area contributed by atoms with E-state index in [0.29, 0.717) is 11.4 Å². The van der Waals surface area contributed by atoms with E-state index in [4.69, 9.17) is 4.74 Å². The van der Waals surface area contributed by atoms with Gasteiger partial charge in [-0.25, -0.2) is 4.39 Å². The normalized spacial score (nSPS) is 20.8. The van der Waals surface area contributed by atoms with Crippen LogP contribution in [0, 0.1) is 11.7 Å². The molecule has 0 aliphatic carbocycles. The van der Waals surface area contributed by atoms with Gasteiger partial charge in [-0.3, -0.25) is 0 Å². The minimum absolute atomic E-state index is 0.0711. The minimum atomic E-state index is -4.28. The molecule has 0 aromatic heterocycles. The highest BCUT2D eigenvalue weighted by molar-refractivity contribution is 5.51. The van der Waals surface area contributed by atoms with Crippen molar-refractivity contribution < 1.29 is 27.4 Å². The summed E-state index contributed by atoms with van der Waals surface area (Å²) in [7, 11) is 0. The van der Waals surface area contributed by atoms with Crippen molar-refractivity contribution in [3.63, 3.8) is 0 Å². The molecule has 25 heavy (non-hydrogen) atoms. The van der Waals surface area contributed by atoms with E-state index in [9.17, 15) is 22.7 Å². The highest BCUT2D eigenvalue weighted by Crippen LogP contribution is 2.39. The van der Waals surface area contributed by atoms with E-state index >= 15 is 0 Å². The highest BCUT2D eigenvalue weighted by atomic mass is 19.4. The Kier molecular flexibility index (Phi) is 4.85. The summed E-state index contributed by atoms with van der Waals surface area (Å²) in [6.07, 6.45) is -4.41. The largest absolute Gasteiger partial charge is 0.454 e. The van der Waals surface area contributed by atoms with Gasteiger partial charge >= 0.3 is 6.18 Å². The summed E-state index contributed by atoms with van der Waals surface area (Å²) in [6, 6.07) is 11.7. The number of aliphatic hydroxyl groups excluding tert-OH is 1. The maximum atomic E-state index is 13.6. The molecule has 1 N–H and O–H groups in total. The lowest BCUT2D eigenvalue weighted by Crippen LogP contribution is -2.32. The summed E-state index contributed by atoms with van der Waals surface area (Å²) < 4.78 is 57.8. The Labute approximate surface area is 142 Å². The molecule has 0 saturated carbocycles. The zero-order valence-corrected chi connectivity index (χ0v) is 13.2. The number of anilines is 1. The van der Waals surface area contributed by atoms with Crippen molar-refractivity contribution in [2.75, 3.05) is 18.1 Å². The average Bonchev–Trinajstić information content (AvgIpc) is 3.02. The molecule has 1 aliphatic heterocycles. The summed E-state index contributed by atoms with van der Waals surface area (Å²) in [4.78, 5) is 1.55. The second kappa shape index (κ2) is 6.92. The van der Waals surface area contributed by atoms with Crippen LogP contribution in [0.3, 0.4) is 0 Å². The van der Waals surface area contributed by atoms with Crippen molar-refractivity contribution in [3.05, 3.63) is 54.3 Å². The summed E-state index contributed by atoms with van der Waals surface area (Å²) in [5.41, 5.74) is 0.562. The molecule has 2 aromatic carbocycles. The fraction of sp³-hybridized carbons (Fsp3) is 0.333. The van der Waals surface area contributed by atoms with E-state index in [2.05, 4.69) is 0 Å². The molecule has 0 spiro atoms. The smallest absolute Gasteiger partial charge is 0.393 e. The van der Waals surface area contributed by atoms with Gasteiger partial charge in [-0.1, -0.05) is 12.1 Å². The van der Waals surface area contributed by atoms with Gasteiger partial charge in [-0.05, 0) is 42.8 Å². The number of nitrogens with zero attached hydrogens (tertiary/aromatic N) is 1. The standard InChI is InChI=1S/C18H17F4NO2/c19-16-3-1-2-4-17(16)25-15-7-5-13(6-8-15)23-10-12(18(20,21)22)9-14(23)11-24/h1-8,12,14,24H,9-11H2/t12-,14-/m0/s1. The fourth-order valence-electron chi connectivity index (χ4n) is 3.00. The van der Waals surface area contributed by atoms with Gasteiger partial charge in [-0.15, -0.1) is 0 Å². The van der Waals surface area contributed by atoms with Crippen LogP contribution in [0.25, 0.3) is 0 Å². The van der Waals surface area contributed by atoms with Crippen LogP contribution in [-0.2, 0) is 0 Å². The number of hydrogen-bond donors (Lipinski definition) is 1. The number of ether oxygens (including phenoxy) is 1. The topological polar surface area (TPSA) is 32.7 Å². The first kappa shape index (κ1) is 17.5. The van der Waals surface area contributed by atoms with E-state index in [-0.39, 0.29) is 25.3 Å². The Morgan fingerprint density at radius 3 is 2.36 bits per heavy atom. The Balaban J connectivity index is 1.74. The van der Waals surface area contributed by atoms with Crippen molar-refractivity contribution in [1.29, 1.82) is 0 Å². The van der Waals surface area contributed by atoms with Crippen molar-refractivity contribution in [2.24, 2.45) is 5.92 Å². The second-order valence-electron chi connectivity index (χ2n) is 5.99. The summed E-state index contributed by atoms with van der Waals surface area (Å²) >= 11 is 0. The van der Waals surface area contributed by atoms with Crippen molar-refractivity contribution in [1.82, 2.24) is 0 Å². The molecular weight excluding hydrogens is 338 g/mol. The summed E-state index contributed by atoms with van der Waals surface area (Å²) in [5.74, 6) is -1.51. The number of para-hydroxylation sites is 1. The van der Waals surface area contributed by atoms with Crippen molar-refractivity contribution in [3.8, 4) is 11.5 Å². The fourth-order valence-corrected chi connectivity index (χ4v) is 3.00. The second-order valence-corrected chi connectivity index (χ2v) is 5.99. The van der Waals surface area contributed by atoms with Gasteiger partial charge in [-0.2, -0.15) is 13.2 Å². The number of rotatable bonds is 4. The number of hydrogen-bond acceptors (Lipinski definition) is 3. The Morgan fingerprint density at radius 2 is 1.76 bits per heavy atom. The molecule has 134 valence electrons. The zero-order chi connectivity index (χ0) is 18.0. The van der Waals surface area contributed by atoms with Crippen LogP contribution in [0.2, 0.25) is 0 Å². The molecule has 3 nitrogen and oxygen atoms in total. The van der Waals surface area contributed by atoms with Crippen LogP contribution < -0.4 is 9.64 Å². The first-order valence-electron chi connectivity index (χ1n) is 7.85. The van der Waals surface area contributed by atoms with E-state index in [1.54, 1.807) is 41.3 Å². The first-order valence-corrected chi connectivity index (χ1v) is 7.85. The third kappa shape index (κ3) is 3.87. The maximum Gasteiger partial charge on any atom is 0.393 e. The maximum absolute atomic E-state index is 13.6. The Hall–Kier alpha value is -2.28. The quantitative estimate of drug-likeness (QED) is 0.827. The van der Waals surface area contributed by atoms with Crippen LogP contribution in [0.1, 0.15) is 6.42 Å². The van der Waals surface area contributed by atoms with E-state index in [0.717, 1.165) is 0 Å².